The van der Waals surface area contributed by atoms with Crippen LogP contribution in [0.5, 0.6) is 5.75 Å². The summed E-state index contributed by atoms with van der Waals surface area (Å²) in [4.78, 5) is 54.9. The zero-order chi connectivity index (χ0) is 51.3. The number of carbonyl (C=O) groups excluding carboxylic acids is 2. The van der Waals surface area contributed by atoms with Crippen LogP contribution >= 0.6 is 0 Å². The number of aromatic nitrogens is 6. The number of hydrogen-bond acceptors (Lipinski definition) is 13. The van der Waals surface area contributed by atoms with Crippen LogP contribution in [0, 0.1) is 5.95 Å². The van der Waals surface area contributed by atoms with Crippen LogP contribution in [0.4, 0.5) is 39.0 Å². The van der Waals surface area contributed by atoms with Gasteiger partial charge in [-0.15, -0.1) is 0 Å². The van der Waals surface area contributed by atoms with Crippen molar-refractivity contribution in [1.82, 2.24) is 39.3 Å². The molecule has 0 spiro atoms. The van der Waals surface area contributed by atoms with E-state index in [-0.39, 0.29) is 41.7 Å². The van der Waals surface area contributed by atoms with Crippen LogP contribution in [0.1, 0.15) is 70.4 Å². The molecule has 6 aliphatic rings. The van der Waals surface area contributed by atoms with Crippen LogP contribution in [-0.2, 0) is 13.1 Å². The van der Waals surface area contributed by atoms with Crippen LogP contribution in [0.3, 0.4) is 0 Å². The zero-order valence-electron chi connectivity index (χ0n) is 41.7. The highest BCUT2D eigenvalue weighted by atomic mass is 19.1. The second-order valence-electron chi connectivity index (χ2n) is 20.4. The first-order chi connectivity index (χ1) is 37.1. The van der Waals surface area contributed by atoms with Crippen molar-refractivity contribution in [3.8, 4) is 39.4 Å². The number of aromatic hydroxyl groups is 1. The quantitative estimate of drug-likeness (QED) is 0.0831. The number of guanidine groups is 2. The Hall–Kier alpha value is -9.19. The average molecular weight is 1010 g/mol. The monoisotopic (exact) mass is 1010 g/mol. The zero-order valence-corrected chi connectivity index (χ0v) is 41.7. The summed E-state index contributed by atoms with van der Waals surface area (Å²) < 4.78 is 19.4. The SMILES string of the molecule is CN1C(=O)c2c(nn(Cc3ccc(-c4cc(-c5cccc(Nc6c7c(nn6Cc6ccc(-c8ccccn8)cc6)N6C(=N[C@@H]8CCC[C@@H]86)N(C)C7=O)c5)cc(F)n4)cc3)c2Nc2ccc(O)cc2)N2C1=N[C@@H]1CCC[C@@H]12. The molecule has 2 saturated carbocycles. The molecule has 4 aromatic heterocycles. The number of hydrogen-bond donors (Lipinski definition) is 3. The largest absolute Gasteiger partial charge is 0.508 e. The minimum absolute atomic E-state index is 0.115. The lowest BCUT2D eigenvalue weighted by atomic mass is 10.0. The van der Waals surface area contributed by atoms with Gasteiger partial charge < -0.3 is 15.7 Å². The molecule has 0 bridgehead atoms. The molecule has 8 aromatic rings. The normalized spacial score (nSPS) is 20.0. The number of aliphatic imine (C=N–C) groups is 2. The summed E-state index contributed by atoms with van der Waals surface area (Å²) in [5, 5.41) is 27.4. The summed E-state index contributed by atoms with van der Waals surface area (Å²) >= 11 is 0. The van der Waals surface area contributed by atoms with E-state index in [4.69, 9.17) is 20.2 Å². The van der Waals surface area contributed by atoms with Gasteiger partial charge in [0.2, 0.25) is 17.9 Å². The average Bonchev–Trinajstić information content (AvgIpc) is 4.47. The number of phenolic OH excluding ortho intramolecular Hbond substituents is 1. The molecule has 2 amide bonds. The molecule has 4 atom stereocenters. The van der Waals surface area contributed by atoms with Crippen molar-refractivity contribution < 1.29 is 19.1 Å². The van der Waals surface area contributed by atoms with Crippen molar-refractivity contribution in [2.75, 3.05) is 34.5 Å². The van der Waals surface area contributed by atoms with Crippen molar-refractivity contribution >= 4 is 58.4 Å². The van der Waals surface area contributed by atoms with Crippen LogP contribution in [-0.4, -0.2) is 106 Å². The molecule has 76 heavy (non-hydrogen) atoms. The molecular formula is C58H51FN14O3. The molecule has 17 nitrogen and oxygen atoms in total. The lowest BCUT2D eigenvalue weighted by Gasteiger charge is -2.34. The third-order valence-corrected chi connectivity index (χ3v) is 15.7. The second-order valence-corrected chi connectivity index (χ2v) is 20.4. The number of halogens is 1. The Morgan fingerprint density at radius 3 is 1.71 bits per heavy atom. The maximum absolute atomic E-state index is 15.7. The van der Waals surface area contributed by atoms with Gasteiger partial charge in [-0.1, -0.05) is 66.7 Å². The maximum atomic E-state index is 15.7. The van der Waals surface area contributed by atoms with E-state index < -0.39 is 5.95 Å². The lowest BCUT2D eigenvalue weighted by Crippen LogP contribution is -2.51. The summed E-state index contributed by atoms with van der Waals surface area (Å²) in [6, 6.07) is 40.0. The Labute approximate surface area is 436 Å². The molecule has 0 saturated heterocycles. The molecule has 378 valence electrons. The standard InChI is InChI=1S/C58H51FN14O3/c1-68-55(75)49-51(61-39-23-25-41(74)26-24-39)70(66-53(49)72-46-13-6-11-43(46)64-57(68)72)31-34-17-21-36(22-18-34)45-29-38(30-48(59)63-45)37-8-5-9-40(28-37)62-52-50-54(73-47-14-7-12-44(47)65-58(73)69(2)56(50)76)67-71(52)32-33-15-19-35(20-16-33)42-10-3-4-27-60-42/h3-5,8-10,15-30,43-44,46-47,61-62,74H,6-7,11-14,31-32H2,1-2H3/t43-,44-,46+,47+/m1/s1. The van der Waals surface area contributed by atoms with Gasteiger partial charge in [-0.25, -0.2) is 24.3 Å². The van der Waals surface area contributed by atoms with E-state index in [9.17, 15) is 14.7 Å². The molecule has 0 unspecified atom stereocenters. The van der Waals surface area contributed by atoms with Crippen molar-refractivity contribution in [3.63, 3.8) is 0 Å². The van der Waals surface area contributed by atoms with Crippen molar-refractivity contribution in [2.24, 2.45) is 9.98 Å². The third kappa shape index (κ3) is 7.56. The lowest BCUT2D eigenvalue weighted by molar-refractivity contribution is 0.0857. The van der Waals surface area contributed by atoms with E-state index in [1.54, 1.807) is 54.4 Å². The van der Waals surface area contributed by atoms with Crippen molar-refractivity contribution in [2.45, 2.75) is 75.8 Å². The van der Waals surface area contributed by atoms with Crippen LogP contribution in [0.2, 0.25) is 0 Å². The molecule has 18 heteroatoms. The van der Waals surface area contributed by atoms with E-state index in [2.05, 4.69) is 42.5 Å². The van der Waals surface area contributed by atoms with Crippen molar-refractivity contribution in [3.05, 3.63) is 162 Å². The Balaban J connectivity index is 0.763. The number of carbonyl (C=O) groups is 2. The number of pyridine rings is 2. The van der Waals surface area contributed by atoms with Crippen molar-refractivity contribution in [1.29, 1.82) is 0 Å². The summed E-state index contributed by atoms with van der Waals surface area (Å²) in [5.41, 5.74) is 8.61. The highest BCUT2D eigenvalue weighted by Gasteiger charge is 2.51. The van der Waals surface area contributed by atoms with Gasteiger partial charge in [0, 0.05) is 48.9 Å². The number of benzene rings is 4. The van der Waals surface area contributed by atoms with E-state index in [1.807, 2.05) is 94.3 Å². The number of nitrogens with one attached hydrogen (secondary N) is 2. The molecule has 0 radical (unpaired) electrons. The highest BCUT2D eigenvalue weighted by Crippen LogP contribution is 2.45. The van der Waals surface area contributed by atoms with Gasteiger partial charge in [0.15, 0.2) is 11.6 Å². The number of nitrogens with zero attached hydrogens (tertiary/aromatic N) is 12. The van der Waals surface area contributed by atoms with E-state index in [1.165, 1.54) is 6.07 Å². The first-order valence-electron chi connectivity index (χ1n) is 25.8. The van der Waals surface area contributed by atoms with Gasteiger partial charge in [0.1, 0.15) is 28.5 Å². The van der Waals surface area contributed by atoms with E-state index in [0.717, 1.165) is 66.5 Å². The third-order valence-electron chi connectivity index (χ3n) is 15.7. The molecule has 4 aliphatic heterocycles. The molecule has 2 aliphatic carbocycles. The summed E-state index contributed by atoms with van der Waals surface area (Å²) in [6.07, 6.45) is 7.78. The van der Waals surface area contributed by atoms with Gasteiger partial charge in [0.25, 0.3) is 11.8 Å². The van der Waals surface area contributed by atoms with Crippen LogP contribution in [0.25, 0.3) is 33.6 Å². The highest BCUT2D eigenvalue weighted by molar-refractivity contribution is 6.22. The molecule has 4 aromatic carbocycles. The topological polar surface area (TPSA) is 178 Å². The Morgan fingerprint density at radius 1 is 0.579 bits per heavy atom. The molecular weight excluding hydrogens is 960 g/mol. The molecule has 3 N–H and O–H groups in total. The van der Waals surface area contributed by atoms with Gasteiger partial charge >= 0.3 is 0 Å². The fourth-order valence-corrected chi connectivity index (χ4v) is 11.9. The predicted octanol–water partition coefficient (Wildman–Crippen LogP) is 9.66. The first kappa shape index (κ1) is 45.4. The number of rotatable bonds is 11. The minimum Gasteiger partial charge on any atom is -0.508 e. The number of fused-ring (bicyclic) bond motifs is 10. The Bertz CT molecular complexity index is 3710. The fourth-order valence-electron chi connectivity index (χ4n) is 11.9. The predicted molar refractivity (Wildman–Crippen MR) is 289 cm³/mol. The van der Waals surface area contributed by atoms with Gasteiger partial charge in [-0.3, -0.25) is 34.2 Å². The number of anilines is 6. The Kier molecular flexibility index (Phi) is 10.6. The van der Waals surface area contributed by atoms with E-state index >= 15 is 4.39 Å². The summed E-state index contributed by atoms with van der Waals surface area (Å²) in [6.45, 7) is 0.701. The molecule has 2 fully saturated rings. The smallest absolute Gasteiger partial charge is 0.267 e. The maximum Gasteiger partial charge on any atom is 0.267 e. The summed E-state index contributed by atoms with van der Waals surface area (Å²) in [7, 11) is 3.54. The Morgan fingerprint density at radius 2 is 1.14 bits per heavy atom. The van der Waals surface area contributed by atoms with Gasteiger partial charge in [0.05, 0.1) is 48.6 Å². The van der Waals surface area contributed by atoms with Crippen LogP contribution in [0.15, 0.2) is 144 Å². The minimum atomic E-state index is -0.630. The second kappa shape index (κ2) is 17.7. The molecule has 14 rings (SSSR count). The number of amides is 2. The first-order valence-corrected chi connectivity index (χ1v) is 25.8. The number of phenols is 1. The summed E-state index contributed by atoms with van der Waals surface area (Å²) in [5.74, 6) is 2.64. The fraction of sp³-hybridized carbons (Fsp3) is 0.241. The van der Waals surface area contributed by atoms with Gasteiger partial charge in [-0.2, -0.15) is 14.6 Å². The van der Waals surface area contributed by atoms with Crippen LogP contribution < -0.4 is 20.4 Å². The molecule has 8 heterocycles. The van der Waals surface area contributed by atoms with E-state index in [0.29, 0.717) is 87.6 Å². The van der Waals surface area contributed by atoms with Gasteiger partial charge in [-0.05, 0) is 115 Å².